The van der Waals surface area contributed by atoms with Gasteiger partial charge in [-0.3, -0.25) is 4.79 Å². The third-order valence-corrected chi connectivity index (χ3v) is 2.81. The Labute approximate surface area is 106 Å². The highest BCUT2D eigenvalue weighted by Crippen LogP contribution is 2.23. The molecule has 0 aliphatic carbocycles. The molecule has 18 heavy (non-hydrogen) atoms. The van der Waals surface area contributed by atoms with Crippen LogP contribution in [0.3, 0.4) is 0 Å². The summed E-state index contributed by atoms with van der Waals surface area (Å²) in [6.07, 6.45) is 0.819. The number of carbonyl (C=O) groups is 1. The van der Waals surface area contributed by atoms with Crippen molar-refractivity contribution in [3.63, 3.8) is 0 Å². The van der Waals surface area contributed by atoms with E-state index in [1.807, 2.05) is 37.3 Å². The Morgan fingerprint density at radius 1 is 1.44 bits per heavy atom. The van der Waals surface area contributed by atoms with Gasteiger partial charge in [0.15, 0.2) is 0 Å². The van der Waals surface area contributed by atoms with Crippen molar-refractivity contribution in [2.75, 3.05) is 6.61 Å². The molecule has 1 aromatic carbocycles. The SMILES string of the molecule is CC(NC(=O)CCCO)c1cc2ccccc2o1. The molecule has 2 aromatic rings. The maximum absolute atomic E-state index is 11.5. The van der Waals surface area contributed by atoms with Crippen LogP contribution in [0.15, 0.2) is 34.7 Å². The highest BCUT2D eigenvalue weighted by molar-refractivity contribution is 5.79. The molecule has 0 saturated carbocycles. The fraction of sp³-hybridized carbons (Fsp3) is 0.357. The van der Waals surface area contributed by atoms with Gasteiger partial charge in [-0.25, -0.2) is 0 Å². The zero-order chi connectivity index (χ0) is 13.0. The van der Waals surface area contributed by atoms with Gasteiger partial charge in [0.05, 0.1) is 6.04 Å². The maximum atomic E-state index is 11.5. The topological polar surface area (TPSA) is 62.5 Å². The Kier molecular flexibility index (Phi) is 3.99. The number of rotatable bonds is 5. The van der Waals surface area contributed by atoms with Crippen molar-refractivity contribution in [2.45, 2.75) is 25.8 Å². The van der Waals surface area contributed by atoms with Gasteiger partial charge < -0.3 is 14.8 Å². The molecule has 0 spiro atoms. The van der Waals surface area contributed by atoms with Gasteiger partial charge in [-0.05, 0) is 25.5 Å². The summed E-state index contributed by atoms with van der Waals surface area (Å²) in [5, 5.41) is 12.5. The van der Waals surface area contributed by atoms with Crippen molar-refractivity contribution in [1.82, 2.24) is 5.32 Å². The number of benzene rings is 1. The molecule has 96 valence electrons. The van der Waals surface area contributed by atoms with E-state index in [1.54, 1.807) is 0 Å². The van der Waals surface area contributed by atoms with Crippen molar-refractivity contribution < 1.29 is 14.3 Å². The number of carbonyl (C=O) groups excluding carboxylic acids is 1. The van der Waals surface area contributed by atoms with E-state index in [2.05, 4.69) is 5.32 Å². The first-order valence-electron chi connectivity index (χ1n) is 6.09. The highest BCUT2D eigenvalue weighted by atomic mass is 16.3. The molecular formula is C14H17NO3. The summed E-state index contributed by atoms with van der Waals surface area (Å²) in [4.78, 5) is 11.5. The lowest BCUT2D eigenvalue weighted by atomic mass is 10.2. The highest BCUT2D eigenvalue weighted by Gasteiger charge is 2.13. The predicted molar refractivity (Wildman–Crippen MR) is 69.1 cm³/mol. The van der Waals surface area contributed by atoms with Crippen LogP contribution in [0, 0.1) is 0 Å². The minimum Gasteiger partial charge on any atom is -0.459 e. The molecule has 0 saturated heterocycles. The number of para-hydroxylation sites is 1. The summed E-state index contributed by atoms with van der Waals surface area (Å²) < 4.78 is 5.67. The van der Waals surface area contributed by atoms with Crippen LogP contribution < -0.4 is 5.32 Å². The van der Waals surface area contributed by atoms with Gasteiger partial charge in [0.25, 0.3) is 0 Å². The van der Waals surface area contributed by atoms with Crippen LogP contribution >= 0.6 is 0 Å². The molecule has 0 aliphatic heterocycles. The number of nitrogens with one attached hydrogen (secondary N) is 1. The quantitative estimate of drug-likeness (QED) is 0.852. The molecule has 1 atom stereocenters. The van der Waals surface area contributed by atoms with Crippen molar-refractivity contribution in [2.24, 2.45) is 0 Å². The molecule has 0 bridgehead atoms. The molecular weight excluding hydrogens is 230 g/mol. The smallest absolute Gasteiger partial charge is 0.220 e. The van der Waals surface area contributed by atoms with Crippen LogP contribution in [0.5, 0.6) is 0 Å². The first kappa shape index (κ1) is 12.6. The second kappa shape index (κ2) is 5.69. The number of furan rings is 1. The van der Waals surface area contributed by atoms with Crippen LogP contribution in [0.4, 0.5) is 0 Å². The number of amides is 1. The summed E-state index contributed by atoms with van der Waals surface area (Å²) in [6, 6.07) is 9.52. The summed E-state index contributed by atoms with van der Waals surface area (Å²) in [6.45, 7) is 1.92. The molecule has 0 radical (unpaired) electrons. The van der Waals surface area contributed by atoms with Gasteiger partial charge >= 0.3 is 0 Å². The van der Waals surface area contributed by atoms with Gasteiger partial charge in [-0.1, -0.05) is 18.2 Å². The lowest BCUT2D eigenvalue weighted by molar-refractivity contribution is -0.122. The van der Waals surface area contributed by atoms with Crippen LogP contribution in [-0.2, 0) is 4.79 Å². The lowest BCUT2D eigenvalue weighted by Gasteiger charge is -2.10. The van der Waals surface area contributed by atoms with Crippen LogP contribution in [0.1, 0.15) is 31.6 Å². The standard InChI is InChI=1S/C14H17NO3/c1-10(15-14(17)7-4-8-16)13-9-11-5-2-3-6-12(11)18-13/h2-3,5-6,9-10,16H,4,7-8H2,1H3,(H,15,17). The average molecular weight is 247 g/mol. The molecule has 0 fully saturated rings. The lowest BCUT2D eigenvalue weighted by Crippen LogP contribution is -2.26. The molecule has 1 aromatic heterocycles. The Hall–Kier alpha value is -1.81. The van der Waals surface area contributed by atoms with Gasteiger partial charge in [0.1, 0.15) is 11.3 Å². The summed E-state index contributed by atoms with van der Waals surface area (Å²) in [5.41, 5.74) is 0.823. The van der Waals surface area contributed by atoms with Gasteiger partial charge in [-0.2, -0.15) is 0 Å². The Morgan fingerprint density at radius 3 is 2.94 bits per heavy atom. The minimum absolute atomic E-state index is 0.0342. The number of aliphatic hydroxyl groups excluding tert-OH is 1. The molecule has 4 heteroatoms. The van der Waals surface area contributed by atoms with Crippen LogP contribution in [-0.4, -0.2) is 17.6 Å². The number of aliphatic hydroxyl groups is 1. The number of fused-ring (bicyclic) bond motifs is 1. The fourth-order valence-corrected chi connectivity index (χ4v) is 1.84. The second-order valence-corrected chi connectivity index (χ2v) is 4.30. The van der Waals surface area contributed by atoms with Crippen LogP contribution in [0.25, 0.3) is 11.0 Å². The summed E-state index contributed by atoms with van der Waals surface area (Å²) in [7, 11) is 0. The summed E-state index contributed by atoms with van der Waals surface area (Å²) in [5.74, 6) is 0.672. The third-order valence-electron chi connectivity index (χ3n) is 2.81. The monoisotopic (exact) mass is 247 g/mol. The predicted octanol–water partition coefficient (Wildman–Crippen LogP) is 2.38. The first-order chi connectivity index (χ1) is 8.70. The zero-order valence-electron chi connectivity index (χ0n) is 10.3. The maximum Gasteiger partial charge on any atom is 0.220 e. The summed E-state index contributed by atoms with van der Waals surface area (Å²) >= 11 is 0. The Morgan fingerprint density at radius 2 is 2.22 bits per heavy atom. The van der Waals surface area contributed by atoms with Crippen molar-refractivity contribution in [3.05, 3.63) is 36.1 Å². The molecule has 0 aliphatic rings. The molecule has 1 heterocycles. The molecule has 4 nitrogen and oxygen atoms in total. The van der Waals surface area contributed by atoms with E-state index in [9.17, 15) is 4.79 Å². The molecule has 1 unspecified atom stereocenters. The van der Waals surface area contributed by atoms with E-state index in [-0.39, 0.29) is 18.6 Å². The molecule has 1 amide bonds. The second-order valence-electron chi connectivity index (χ2n) is 4.30. The Bertz CT molecular complexity index is 500. The average Bonchev–Trinajstić information content (AvgIpc) is 2.80. The van der Waals surface area contributed by atoms with Crippen molar-refractivity contribution in [1.29, 1.82) is 0 Å². The normalized spacial score (nSPS) is 12.6. The third kappa shape index (κ3) is 2.90. The van der Waals surface area contributed by atoms with Gasteiger partial charge in [-0.15, -0.1) is 0 Å². The van der Waals surface area contributed by atoms with Crippen molar-refractivity contribution in [3.8, 4) is 0 Å². The zero-order valence-corrected chi connectivity index (χ0v) is 10.3. The molecule has 2 N–H and O–H groups in total. The number of hydrogen-bond donors (Lipinski definition) is 2. The van der Waals surface area contributed by atoms with Gasteiger partial charge in [0, 0.05) is 18.4 Å². The van der Waals surface area contributed by atoms with Crippen molar-refractivity contribution >= 4 is 16.9 Å². The van der Waals surface area contributed by atoms with Crippen LogP contribution in [0.2, 0.25) is 0 Å². The largest absolute Gasteiger partial charge is 0.459 e. The van der Waals surface area contributed by atoms with E-state index < -0.39 is 0 Å². The van der Waals surface area contributed by atoms with E-state index in [4.69, 9.17) is 9.52 Å². The minimum atomic E-state index is -0.163. The first-order valence-corrected chi connectivity index (χ1v) is 6.09. The van der Waals surface area contributed by atoms with E-state index in [1.165, 1.54) is 0 Å². The fourth-order valence-electron chi connectivity index (χ4n) is 1.84. The molecule has 2 rings (SSSR count). The van der Waals surface area contributed by atoms with E-state index in [0.717, 1.165) is 16.7 Å². The Balaban J connectivity index is 2.04. The van der Waals surface area contributed by atoms with E-state index >= 15 is 0 Å². The van der Waals surface area contributed by atoms with Gasteiger partial charge in [0.2, 0.25) is 5.91 Å². The van der Waals surface area contributed by atoms with E-state index in [0.29, 0.717) is 12.8 Å². The number of hydrogen-bond acceptors (Lipinski definition) is 3.